The maximum Gasteiger partial charge on any atom is 0.250 e. The number of ether oxygens (including phenoxy) is 1. The van der Waals surface area contributed by atoms with Crippen LogP contribution in [-0.4, -0.2) is 18.6 Å². The maximum absolute atomic E-state index is 11.4. The van der Waals surface area contributed by atoms with E-state index in [1.807, 2.05) is 37.3 Å². The number of primary amides is 1. The Bertz CT molecular complexity index is 337. The first-order valence-electron chi connectivity index (χ1n) is 4.92. The van der Waals surface area contributed by atoms with E-state index in [0.29, 0.717) is 0 Å². The summed E-state index contributed by atoms with van der Waals surface area (Å²) in [5, 5.41) is 0. The first-order valence-corrected chi connectivity index (χ1v) is 4.92. The molecule has 0 heterocycles. The molecule has 0 saturated heterocycles. The summed E-state index contributed by atoms with van der Waals surface area (Å²) in [6.45, 7) is 3.65. The van der Waals surface area contributed by atoms with Crippen molar-refractivity contribution in [2.45, 2.75) is 25.4 Å². The van der Waals surface area contributed by atoms with Crippen LogP contribution in [0.4, 0.5) is 0 Å². The summed E-state index contributed by atoms with van der Waals surface area (Å²) in [4.78, 5) is 11.4. The number of nitrogens with two attached hydrogens (primary N) is 1. The van der Waals surface area contributed by atoms with Crippen molar-refractivity contribution in [3.05, 3.63) is 35.9 Å². The maximum atomic E-state index is 11.4. The molecule has 0 saturated carbocycles. The topological polar surface area (TPSA) is 52.3 Å². The van der Waals surface area contributed by atoms with Gasteiger partial charge in [-0.05, 0) is 12.5 Å². The summed E-state index contributed by atoms with van der Waals surface area (Å²) in [5.74, 6) is -0.512. The molecule has 1 rings (SSSR count). The predicted molar refractivity (Wildman–Crippen MR) is 59.5 cm³/mol. The molecule has 0 aromatic heterocycles. The molecule has 2 unspecified atom stereocenters. The molecule has 0 bridgehead atoms. The zero-order chi connectivity index (χ0) is 11.5. The lowest BCUT2D eigenvalue weighted by Gasteiger charge is -2.31. The van der Waals surface area contributed by atoms with Gasteiger partial charge in [0.1, 0.15) is 5.60 Å². The lowest BCUT2D eigenvalue weighted by atomic mass is 9.84. The standard InChI is InChI=1S/C12H17NO2/c1-9(10-7-5-4-6-8-10)12(2,15-3)11(13)14/h4-9H,1-3H3,(H2,13,14). The minimum Gasteiger partial charge on any atom is -0.368 e. The van der Waals surface area contributed by atoms with Crippen LogP contribution in [-0.2, 0) is 9.53 Å². The highest BCUT2D eigenvalue weighted by molar-refractivity contribution is 5.84. The molecule has 0 spiro atoms. The molecule has 0 fully saturated rings. The molecule has 3 nitrogen and oxygen atoms in total. The Balaban J connectivity index is 3.02. The van der Waals surface area contributed by atoms with Gasteiger partial charge in [0.25, 0.3) is 0 Å². The van der Waals surface area contributed by atoms with Crippen LogP contribution in [0.1, 0.15) is 25.3 Å². The van der Waals surface area contributed by atoms with Crippen molar-refractivity contribution in [3.8, 4) is 0 Å². The summed E-state index contributed by atoms with van der Waals surface area (Å²) < 4.78 is 5.24. The van der Waals surface area contributed by atoms with E-state index in [2.05, 4.69) is 0 Å². The van der Waals surface area contributed by atoms with E-state index >= 15 is 0 Å². The van der Waals surface area contributed by atoms with Gasteiger partial charge in [-0.3, -0.25) is 4.79 Å². The highest BCUT2D eigenvalue weighted by Crippen LogP contribution is 2.30. The van der Waals surface area contributed by atoms with Crippen LogP contribution in [0.3, 0.4) is 0 Å². The normalized spacial score (nSPS) is 16.7. The summed E-state index contributed by atoms with van der Waals surface area (Å²) >= 11 is 0. The van der Waals surface area contributed by atoms with E-state index in [0.717, 1.165) is 5.56 Å². The second kappa shape index (κ2) is 4.45. The fourth-order valence-corrected chi connectivity index (χ4v) is 1.55. The number of amides is 1. The van der Waals surface area contributed by atoms with Gasteiger partial charge in [0, 0.05) is 13.0 Å². The lowest BCUT2D eigenvalue weighted by Crippen LogP contribution is -2.46. The summed E-state index contributed by atoms with van der Waals surface area (Å²) in [5.41, 5.74) is 5.44. The summed E-state index contributed by atoms with van der Waals surface area (Å²) in [6.07, 6.45) is 0. The number of hydrogen-bond acceptors (Lipinski definition) is 2. The molecule has 1 aromatic rings. The van der Waals surface area contributed by atoms with Crippen LogP contribution < -0.4 is 5.73 Å². The van der Waals surface area contributed by atoms with Crippen LogP contribution in [0.2, 0.25) is 0 Å². The van der Waals surface area contributed by atoms with Gasteiger partial charge < -0.3 is 10.5 Å². The van der Waals surface area contributed by atoms with Crippen molar-refractivity contribution in [2.75, 3.05) is 7.11 Å². The second-order valence-corrected chi connectivity index (χ2v) is 3.81. The highest BCUT2D eigenvalue weighted by atomic mass is 16.5. The molecule has 2 N–H and O–H groups in total. The molecule has 82 valence electrons. The van der Waals surface area contributed by atoms with E-state index in [-0.39, 0.29) is 5.92 Å². The van der Waals surface area contributed by atoms with Crippen LogP contribution in [0, 0.1) is 0 Å². The van der Waals surface area contributed by atoms with E-state index in [1.165, 1.54) is 7.11 Å². The molecule has 15 heavy (non-hydrogen) atoms. The molecule has 0 aliphatic heterocycles. The lowest BCUT2D eigenvalue weighted by molar-refractivity contribution is -0.140. The van der Waals surface area contributed by atoms with Gasteiger partial charge in [0.2, 0.25) is 5.91 Å². The number of carbonyl (C=O) groups excluding carboxylic acids is 1. The fraction of sp³-hybridized carbons (Fsp3) is 0.417. The molecule has 1 aromatic carbocycles. The van der Waals surface area contributed by atoms with Crippen molar-refractivity contribution in [1.82, 2.24) is 0 Å². The third-order valence-corrected chi connectivity index (χ3v) is 3.04. The van der Waals surface area contributed by atoms with Gasteiger partial charge in [-0.1, -0.05) is 37.3 Å². The van der Waals surface area contributed by atoms with Gasteiger partial charge >= 0.3 is 0 Å². The zero-order valence-electron chi connectivity index (χ0n) is 9.36. The van der Waals surface area contributed by atoms with E-state index < -0.39 is 11.5 Å². The average Bonchev–Trinajstić information content (AvgIpc) is 2.28. The van der Waals surface area contributed by atoms with Crippen LogP contribution in [0.5, 0.6) is 0 Å². The molecule has 1 amide bonds. The largest absolute Gasteiger partial charge is 0.368 e. The van der Waals surface area contributed by atoms with E-state index in [9.17, 15) is 4.79 Å². The van der Waals surface area contributed by atoms with Crippen molar-refractivity contribution in [2.24, 2.45) is 5.73 Å². The quantitative estimate of drug-likeness (QED) is 0.816. The summed E-state index contributed by atoms with van der Waals surface area (Å²) in [7, 11) is 1.50. The monoisotopic (exact) mass is 207 g/mol. The SMILES string of the molecule is COC(C)(C(N)=O)C(C)c1ccccc1. The third kappa shape index (κ3) is 2.18. The average molecular weight is 207 g/mol. The van der Waals surface area contributed by atoms with Gasteiger partial charge in [-0.2, -0.15) is 0 Å². The molecule has 0 aliphatic carbocycles. The van der Waals surface area contributed by atoms with Gasteiger partial charge in [-0.15, -0.1) is 0 Å². The third-order valence-electron chi connectivity index (χ3n) is 3.04. The van der Waals surface area contributed by atoms with Crippen LogP contribution >= 0.6 is 0 Å². The van der Waals surface area contributed by atoms with Crippen molar-refractivity contribution < 1.29 is 9.53 Å². The number of carbonyl (C=O) groups is 1. The first kappa shape index (κ1) is 11.7. The highest BCUT2D eigenvalue weighted by Gasteiger charge is 2.37. The molecule has 3 heteroatoms. The summed E-state index contributed by atoms with van der Waals surface area (Å²) in [6, 6.07) is 9.73. The minimum absolute atomic E-state index is 0.0683. The number of benzene rings is 1. The van der Waals surface area contributed by atoms with Crippen molar-refractivity contribution >= 4 is 5.91 Å². The van der Waals surface area contributed by atoms with Crippen LogP contribution in [0.25, 0.3) is 0 Å². The Kier molecular flexibility index (Phi) is 3.48. The number of methoxy groups -OCH3 is 1. The molecule has 0 aliphatic rings. The van der Waals surface area contributed by atoms with Crippen LogP contribution in [0.15, 0.2) is 30.3 Å². The van der Waals surface area contributed by atoms with Gasteiger partial charge in [-0.25, -0.2) is 0 Å². The molecular formula is C12H17NO2. The smallest absolute Gasteiger partial charge is 0.250 e. The van der Waals surface area contributed by atoms with E-state index in [1.54, 1.807) is 6.92 Å². The Morgan fingerprint density at radius 3 is 2.33 bits per heavy atom. The van der Waals surface area contributed by atoms with Gasteiger partial charge in [0.05, 0.1) is 0 Å². The Hall–Kier alpha value is -1.35. The zero-order valence-corrected chi connectivity index (χ0v) is 9.36. The molecular weight excluding hydrogens is 190 g/mol. The molecule has 0 radical (unpaired) electrons. The predicted octanol–water partition coefficient (Wildman–Crippen LogP) is 1.68. The Labute approximate surface area is 90.2 Å². The number of rotatable bonds is 4. The van der Waals surface area contributed by atoms with E-state index in [4.69, 9.17) is 10.5 Å². The first-order chi connectivity index (χ1) is 7.02. The van der Waals surface area contributed by atoms with Crippen molar-refractivity contribution in [1.29, 1.82) is 0 Å². The second-order valence-electron chi connectivity index (χ2n) is 3.81. The van der Waals surface area contributed by atoms with Crippen molar-refractivity contribution in [3.63, 3.8) is 0 Å². The minimum atomic E-state index is -0.957. The number of hydrogen-bond donors (Lipinski definition) is 1. The van der Waals surface area contributed by atoms with Gasteiger partial charge in [0.15, 0.2) is 0 Å². The fourth-order valence-electron chi connectivity index (χ4n) is 1.55. The Morgan fingerprint density at radius 2 is 1.93 bits per heavy atom. The Morgan fingerprint density at radius 1 is 1.40 bits per heavy atom. The molecule has 2 atom stereocenters.